The first-order valence-electron chi connectivity index (χ1n) is 7.06. The van der Waals surface area contributed by atoms with Gasteiger partial charge in [-0.2, -0.15) is 5.26 Å². The topological polar surface area (TPSA) is 52.9 Å². The SMILES string of the molecule is Cc1cc(Br)cc(NC(=O)C2(C#N)CCCCCC2)c1. The maximum absolute atomic E-state index is 12.5. The molecule has 106 valence electrons. The van der Waals surface area contributed by atoms with E-state index < -0.39 is 5.41 Å². The summed E-state index contributed by atoms with van der Waals surface area (Å²) in [6.45, 7) is 1.98. The number of hydrogen-bond acceptors (Lipinski definition) is 2. The summed E-state index contributed by atoms with van der Waals surface area (Å²) in [5, 5.41) is 12.4. The van der Waals surface area contributed by atoms with Gasteiger partial charge in [0.1, 0.15) is 5.41 Å². The number of aryl methyl sites for hydroxylation is 1. The van der Waals surface area contributed by atoms with Crippen LogP contribution in [0.1, 0.15) is 44.1 Å². The predicted molar refractivity (Wildman–Crippen MR) is 83.3 cm³/mol. The number of carbonyl (C=O) groups is 1. The number of carbonyl (C=O) groups excluding carboxylic acids is 1. The van der Waals surface area contributed by atoms with Gasteiger partial charge >= 0.3 is 0 Å². The molecular formula is C16H19BrN2O. The lowest BCUT2D eigenvalue weighted by Gasteiger charge is -2.23. The highest BCUT2D eigenvalue weighted by Gasteiger charge is 2.38. The minimum absolute atomic E-state index is 0.153. The van der Waals surface area contributed by atoms with Gasteiger partial charge in [0.25, 0.3) is 0 Å². The van der Waals surface area contributed by atoms with Crippen molar-refractivity contribution in [1.29, 1.82) is 5.26 Å². The average molecular weight is 335 g/mol. The molecule has 0 aliphatic heterocycles. The number of rotatable bonds is 2. The number of nitrogens with zero attached hydrogens (tertiary/aromatic N) is 1. The van der Waals surface area contributed by atoms with E-state index in [1.165, 1.54) is 0 Å². The van der Waals surface area contributed by atoms with Gasteiger partial charge in [0.05, 0.1) is 6.07 Å². The first kappa shape index (κ1) is 15.1. The van der Waals surface area contributed by atoms with E-state index in [0.29, 0.717) is 12.8 Å². The van der Waals surface area contributed by atoms with Gasteiger partial charge in [-0.15, -0.1) is 0 Å². The molecule has 1 aromatic carbocycles. The summed E-state index contributed by atoms with van der Waals surface area (Å²) in [5.41, 5.74) is 0.967. The second-order valence-corrected chi connectivity index (χ2v) is 6.50. The van der Waals surface area contributed by atoms with Crippen LogP contribution in [0.2, 0.25) is 0 Å². The van der Waals surface area contributed by atoms with Crippen LogP contribution in [0, 0.1) is 23.7 Å². The Morgan fingerprint density at radius 2 is 1.90 bits per heavy atom. The average Bonchev–Trinajstić information content (AvgIpc) is 2.63. The summed E-state index contributed by atoms with van der Waals surface area (Å²) in [7, 11) is 0. The molecule has 1 fully saturated rings. The van der Waals surface area contributed by atoms with Crippen molar-refractivity contribution in [3.8, 4) is 6.07 Å². The highest BCUT2D eigenvalue weighted by molar-refractivity contribution is 9.10. The monoisotopic (exact) mass is 334 g/mol. The second-order valence-electron chi connectivity index (χ2n) is 5.58. The molecular weight excluding hydrogens is 316 g/mol. The molecule has 1 aromatic rings. The van der Waals surface area contributed by atoms with E-state index in [1.807, 2.05) is 25.1 Å². The van der Waals surface area contributed by atoms with Crippen LogP contribution in [0.4, 0.5) is 5.69 Å². The molecule has 0 bridgehead atoms. The van der Waals surface area contributed by atoms with Crippen molar-refractivity contribution < 1.29 is 4.79 Å². The summed E-state index contributed by atoms with van der Waals surface area (Å²) in [5.74, 6) is -0.153. The van der Waals surface area contributed by atoms with E-state index >= 15 is 0 Å². The van der Waals surface area contributed by atoms with Crippen LogP contribution in [0.25, 0.3) is 0 Å². The van der Waals surface area contributed by atoms with Crippen LogP contribution in [0.15, 0.2) is 22.7 Å². The molecule has 3 nitrogen and oxygen atoms in total. The summed E-state index contributed by atoms with van der Waals surface area (Å²) >= 11 is 3.43. The van der Waals surface area contributed by atoms with Crippen molar-refractivity contribution in [3.63, 3.8) is 0 Å². The lowest BCUT2D eigenvalue weighted by Crippen LogP contribution is -2.34. The molecule has 0 unspecified atom stereocenters. The quantitative estimate of drug-likeness (QED) is 0.806. The molecule has 0 aromatic heterocycles. The Bertz CT molecular complexity index is 520. The summed E-state index contributed by atoms with van der Waals surface area (Å²) in [6, 6.07) is 8.06. The fourth-order valence-corrected chi connectivity index (χ4v) is 3.39. The maximum Gasteiger partial charge on any atom is 0.244 e. The van der Waals surface area contributed by atoms with E-state index in [0.717, 1.165) is 41.4 Å². The van der Waals surface area contributed by atoms with E-state index in [-0.39, 0.29) is 5.91 Å². The molecule has 1 saturated carbocycles. The molecule has 4 heteroatoms. The van der Waals surface area contributed by atoms with Crippen LogP contribution >= 0.6 is 15.9 Å². The van der Waals surface area contributed by atoms with Crippen LogP contribution in [-0.4, -0.2) is 5.91 Å². The molecule has 0 saturated heterocycles. The fraction of sp³-hybridized carbons (Fsp3) is 0.500. The number of anilines is 1. The lowest BCUT2D eigenvalue weighted by molar-refractivity contribution is -0.123. The molecule has 2 rings (SSSR count). The highest BCUT2D eigenvalue weighted by atomic mass is 79.9. The van der Waals surface area contributed by atoms with E-state index in [2.05, 4.69) is 27.3 Å². The number of nitriles is 1. The number of benzene rings is 1. The lowest BCUT2D eigenvalue weighted by atomic mass is 9.81. The fourth-order valence-electron chi connectivity index (χ4n) is 2.78. The third kappa shape index (κ3) is 3.40. The molecule has 0 spiro atoms. The van der Waals surface area contributed by atoms with Crippen molar-refractivity contribution in [2.75, 3.05) is 5.32 Å². The van der Waals surface area contributed by atoms with Crippen molar-refractivity contribution in [2.24, 2.45) is 5.41 Å². The first-order valence-corrected chi connectivity index (χ1v) is 7.85. The van der Waals surface area contributed by atoms with Gasteiger partial charge in [-0.25, -0.2) is 0 Å². The van der Waals surface area contributed by atoms with Gasteiger partial charge in [0.15, 0.2) is 0 Å². The Morgan fingerprint density at radius 3 is 2.45 bits per heavy atom. The smallest absolute Gasteiger partial charge is 0.244 e. The zero-order chi connectivity index (χ0) is 14.6. The van der Waals surface area contributed by atoms with E-state index in [4.69, 9.17) is 0 Å². The molecule has 1 aliphatic rings. The Hall–Kier alpha value is -1.34. The van der Waals surface area contributed by atoms with Crippen molar-refractivity contribution in [1.82, 2.24) is 0 Å². The first-order chi connectivity index (χ1) is 9.55. The van der Waals surface area contributed by atoms with E-state index in [9.17, 15) is 10.1 Å². The number of nitrogens with one attached hydrogen (secondary N) is 1. The Labute approximate surface area is 128 Å². The molecule has 0 atom stereocenters. The van der Waals surface area contributed by atoms with Crippen LogP contribution in [0.5, 0.6) is 0 Å². The maximum atomic E-state index is 12.5. The van der Waals surface area contributed by atoms with Crippen molar-refractivity contribution in [2.45, 2.75) is 45.4 Å². The van der Waals surface area contributed by atoms with Gasteiger partial charge in [-0.3, -0.25) is 4.79 Å². The van der Waals surface area contributed by atoms with Gasteiger partial charge in [-0.1, -0.05) is 41.6 Å². The largest absolute Gasteiger partial charge is 0.325 e. The van der Waals surface area contributed by atoms with Gasteiger partial charge < -0.3 is 5.32 Å². The predicted octanol–water partition coefficient (Wildman–Crippen LogP) is 4.56. The summed E-state index contributed by atoms with van der Waals surface area (Å²) in [4.78, 5) is 12.5. The van der Waals surface area contributed by atoms with Crippen molar-refractivity contribution in [3.05, 3.63) is 28.2 Å². The molecule has 1 aliphatic carbocycles. The van der Waals surface area contributed by atoms with Crippen LogP contribution in [0.3, 0.4) is 0 Å². The van der Waals surface area contributed by atoms with Gasteiger partial charge in [0, 0.05) is 10.2 Å². The third-order valence-corrected chi connectivity index (χ3v) is 4.36. The molecule has 20 heavy (non-hydrogen) atoms. The molecule has 1 N–H and O–H groups in total. The zero-order valence-corrected chi connectivity index (χ0v) is 13.3. The standard InChI is InChI=1S/C16H19BrN2O/c1-12-8-13(17)10-14(9-12)19-15(20)16(11-18)6-4-2-3-5-7-16/h8-10H,2-7H2,1H3,(H,19,20). The Kier molecular flexibility index (Phi) is 4.82. The molecule has 0 heterocycles. The summed E-state index contributed by atoms with van der Waals surface area (Å²) in [6.07, 6.45) is 5.49. The molecule has 0 radical (unpaired) electrons. The highest BCUT2D eigenvalue weighted by Crippen LogP contribution is 2.35. The van der Waals surface area contributed by atoms with Crippen LogP contribution in [-0.2, 0) is 4.79 Å². The van der Waals surface area contributed by atoms with Crippen LogP contribution < -0.4 is 5.32 Å². The minimum Gasteiger partial charge on any atom is -0.325 e. The van der Waals surface area contributed by atoms with Gasteiger partial charge in [0.2, 0.25) is 5.91 Å². The van der Waals surface area contributed by atoms with Crippen molar-refractivity contribution >= 4 is 27.5 Å². The Morgan fingerprint density at radius 1 is 1.25 bits per heavy atom. The number of halogens is 1. The Balaban J connectivity index is 2.19. The summed E-state index contributed by atoms with van der Waals surface area (Å²) < 4.78 is 0.930. The third-order valence-electron chi connectivity index (χ3n) is 3.91. The van der Waals surface area contributed by atoms with Gasteiger partial charge in [-0.05, 0) is 43.5 Å². The number of hydrogen-bond donors (Lipinski definition) is 1. The zero-order valence-electron chi connectivity index (χ0n) is 11.7. The normalized spacial score (nSPS) is 17.9. The van der Waals surface area contributed by atoms with E-state index in [1.54, 1.807) is 0 Å². The molecule has 1 amide bonds. The second kappa shape index (κ2) is 6.41. The minimum atomic E-state index is -0.854. The number of amides is 1.